The molecule has 0 radical (unpaired) electrons. The average molecular weight is 213 g/mol. The van der Waals surface area contributed by atoms with Crippen LogP contribution < -0.4 is 0 Å². The molecule has 2 rings (SSSR count). The van der Waals surface area contributed by atoms with Crippen LogP contribution in [0.1, 0.15) is 26.7 Å². The number of nitrogens with zero attached hydrogens (tertiary/aromatic N) is 1. The highest BCUT2D eigenvalue weighted by atomic mass is 16.6. The molecule has 15 heavy (non-hydrogen) atoms. The zero-order valence-electron chi connectivity index (χ0n) is 8.88. The van der Waals surface area contributed by atoms with Gasteiger partial charge in [0.1, 0.15) is 6.10 Å². The van der Waals surface area contributed by atoms with Gasteiger partial charge in [-0.15, -0.1) is 0 Å². The number of hydrogen-bond acceptors (Lipinski definition) is 4. The van der Waals surface area contributed by atoms with Crippen LogP contribution in [0.4, 0.5) is 0 Å². The third-order valence-electron chi connectivity index (χ3n) is 3.81. The number of fused-ring (bicyclic) bond motifs is 1. The molecule has 0 aromatic rings. The van der Waals surface area contributed by atoms with Gasteiger partial charge < -0.3 is 4.74 Å². The molecule has 1 saturated heterocycles. The summed E-state index contributed by atoms with van der Waals surface area (Å²) >= 11 is 0. The number of hydrogen-bond donors (Lipinski definition) is 0. The van der Waals surface area contributed by atoms with Gasteiger partial charge in [-0.25, -0.2) is 0 Å². The molecule has 0 aromatic carbocycles. The van der Waals surface area contributed by atoms with E-state index in [1.165, 1.54) is 0 Å². The summed E-state index contributed by atoms with van der Waals surface area (Å²) in [6.45, 7) is 3.64. The molecule has 0 N–H and O–H groups in total. The molecule has 0 bridgehead atoms. The van der Waals surface area contributed by atoms with Crippen molar-refractivity contribution in [3.05, 3.63) is 10.1 Å². The molecule has 5 heteroatoms. The molecule has 2 aliphatic rings. The normalized spacial score (nSPS) is 41.1. The fraction of sp³-hybridized carbons (Fsp3) is 0.900. The molecule has 1 saturated carbocycles. The Morgan fingerprint density at radius 3 is 2.87 bits per heavy atom. The molecule has 5 atom stereocenters. The molecule has 0 amide bonds. The van der Waals surface area contributed by atoms with Crippen molar-refractivity contribution >= 4 is 5.97 Å². The summed E-state index contributed by atoms with van der Waals surface area (Å²) in [5.74, 6) is 0.121. The van der Waals surface area contributed by atoms with Crippen LogP contribution in [0.25, 0.3) is 0 Å². The predicted octanol–water partition coefficient (Wildman–Crippen LogP) is 1.24. The number of carbonyl (C=O) groups is 1. The fourth-order valence-corrected chi connectivity index (χ4v) is 3.15. The maximum Gasteiger partial charge on any atom is 0.306 e. The van der Waals surface area contributed by atoms with Gasteiger partial charge in [-0.2, -0.15) is 0 Å². The van der Waals surface area contributed by atoms with E-state index in [0.717, 1.165) is 6.42 Å². The van der Waals surface area contributed by atoms with Gasteiger partial charge in [-0.05, 0) is 12.3 Å². The Morgan fingerprint density at radius 2 is 2.27 bits per heavy atom. The van der Waals surface area contributed by atoms with Crippen LogP contribution in [0.2, 0.25) is 0 Å². The zero-order chi connectivity index (χ0) is 11.2. The van der Waals surface area contributed by atoms with E-state index in [2.05, 4.69) is 0 Å². The summed E-state index contributed by atoms with van der Waals surface area (Å²) in [7, 11) is 0. The van der Waals surface area contributed by atoms with E-state index in [4.69, 9.17) is 4.74 Å². The molecule has 0 spiro atoms. The molecule has 1 heterocycles. The van der Waals surface area contributed by atoms with E-state index in [9.17, 15) is 14.9 Å². The Balaban J connectivity index is 2.16. The summed E-state index contributed by atoms with van der Waals surface area (Å²) in [6.07, 6.45) is 1.07. The minimum atomic E-state index is -0.579. The minimum Gasteiger partial charge on any atom is -0.462 e. The quantitative estimate of drug-likeness (QED) is 0.393. The number of carbonyl (C=O) groups excluding carboxylic acids is 1. The molecular weight excluding hydrogens is 198 g/mol. The first-order chi connectivity index (χ1) is 7.00. The Labute approximate surface area is 87.9 Å². The van der Waals surface area contributed by atoms with Crippen LogP contribution in [0, 0.1) is 27.9 Å². The molecule has 1 aliphatic heterocycles. The Morgan fingerprint density at radius 1 is 1.60 bits per heavy atom. The first kappa shape index (κ1) is 10.4. The molecule has 0 aromatic heterocycles. The number of esters is 1. The predicted molar refractivity (Wildman–Crippen MR) is 51.7 cm³/mol. The maximum atomic E-state index is 11.1. The van der Waals surface area contributed by atoms with Crippen molar-refractivity contribution in [3.8, 4) is 0 Å². The average Bonchev–Trinajstić information content (AvgIpc) is 2.58. The van der Waals surface area contributed by atoms with Crippen LogP contribution in [-0.2, 0) is 9.53 Å². The van der Waals surface area contributed by atoms with Crippen LogP contribution in [0.5, 0.6) is 0 Å². The van der Waals surface area contributed by atoms with E-state index >= 15 is 0 Å². The van der Waals surface area contributed by atoms with Crippen molar-refractivity contribution in [2.45, 2.75) is 38.8 Å². The summed E-state index contributed by atoms with van der Waals surface area (Å²) in [6, 6.07) is -0.579. The number of rotatable bonds is 2. The highest BCUT2D eigenvalue weighted by Gasteiger charge is 2.53. The van der Waals surface area contributed by atoms with Crippen molar-refractivity contribution in [1.29, 1.82) is 0 Å². The first-order valence-electron chi connectivity index (χ1n) is 5.33. The highest BCUT2D eigenvalue weighted by molar-refractivity contribution is 5.72. The standard InChI is InChI=1S/C10H15NO4/c1-5-3-8-7(4-9(12)15-8)10(5)6(2)11(13)14/h5-8,10H,3-4H2,1-2H3/t5-,6+,7+,8+,10-/m1/s1. The van der Waals surface area contributed by atoms with Gasteiger partial charge in [0, 0.05) is 23.7 Å². The van der Waals surface area contributed by atoms with Crippen LogP contribution in [-0.4, -0.2) is 23.0 Å². The maximum absolute atomic E-state index is 11.1. The summed E-state index contributed by atoms with van der Waals surface area (Å²) in [4.78, 5) is 21.6. The van der Waals surface area contributed by atoms with E-state index in [0.29, 0.717) is 6.42 Å². The lowest BCUT2D eigenvalue weighted by Crippen LogP contribution is -2.32. The molecule has 2 fully saturated rings. The van der Waals surface area contributed by atoms with E-state index in [1.807, 2.05) is 6.92 Å². The molecular formula is C10H15NO4. The van der Waals surface area contributed by atoms with Gasteiger partial charge in [0.2, 0.25) is 6.04 Å². The Kier molecular flexibility index (Phi) is 2.40. The lowest BCUT2D eigenvalue weighted by molar-refractivity contribution is -0.530. The lowest BCUT2D eigenvalue weighted by Gasteiger charge is -2.20. The van der Waals surface area contributed by atoms with E-state index < -0.39 is 6.04 Å². The number of nitro groups is 1. The lowest BCUT2D eigenvalue weighted by atomic mass is 9.83. The third-order valence-corrected chi connectivity index (χ3v) is 3.81. The third kappa shape index (κ3) is 1.60. The zero-order valence-corrected chi connectivity index (χ0v) is 8.88. The number of ether oxygens (including phenoxy) is 1. The van der Waals surface area contributed by atoms with Crippen molar-refractivity contribution in [3.63, 3.8) is 0 Å². The highest BCUT2D eigenvalue weighted by Crippen LogP contribution is 2.46. The largest absolute Gasteiger partial charge is 0.462 e. The van der Waals surface area contributed by atoms with Gasteiger partial charge in [0.15, 0.2) is 0 Å². The van der Waals surface area contributed by atoms with Gasteiger partial charge in [-0.1, -0.05) is 6.92 Å². The second-order valence-electron chi connectivity index (χ2n) is 4.71. The second-order valence-corrected chi connectivity index (χ2v) is 4.71. The van der Waals surface area contributed by atoms with E-state index in [-0.39, 0.29) is 34.8 Å². The van der Waals surface area contributed by atoms with Crippen molar-refractivity contribution in [2.24, 2.45) is 17.8 Å². The fourth-order valence-electron chi connectivity index (χ4n) is 3.15. The van der Waals surface area contributed by atoms with Crippen LogP contribution >= 0.6 is 0 Å². The second kappa shape index (κ2) is 3.47. The Hall–Kier alpha value is -1.13. The summed E-state index contributed by atoms with van der Waals surface area (Å²) in [5, 5.41) is 10.8. The van der Waals surface area contributed by atoms with E-state index in [1.54, 1.807) is 6.92 Å². The van der Waals surface area contributed by atoms with Gasteiger partial charge >= 0.3 is 5.97 Å². The molecule has 1 aliphatic carbocycles. The Bertz CT molecular complexity index is 304. The van der Waals surface area contributed by atoms with Crippen molar-refractivity contribution < 1.29 is 14.5 Å². The van der Waals surface area contributed by atoms with Gasteiger partial charge in [0.25, 0.3) is 0 Å². The first-order valence-corrected chi connectivity index (χ1v) is 5.33. The van der Waals surface area contributed by atoms with Gasteiger partial charge in [-0.3, -0.25) is 14.9 Å². The van der Waals surface area contributed by atoms with Crippen molar-refractivity contribution in [1.82, 2.24) is 0 Å². The molecule has 5 nitrogen and oxygen atoms in total. The van der Waals surface area contributed by atoms with Crippen LogP contribution in [0.15, 0.2) is 0 Å². The minimum absolute atomic E-state index is 0.0172. The smallest absolute Gasteiger partial charge is 0.306 e. The molecule has 0 unspecified atom stereocenters. The topological polar surface area (TPSA) is 69.4 Å². The van der Waals surface area contributed by atoms with Crippen molar-refractivity contribution in [2.75, 3.05) is 0 Å². The molecule has 84 valence electrons. The summed E-state index contributed by atoms with van der Waals surface area (Å²) in [5.41, 5.74) is 0. The monoisotopic (exact) mass is 213 g/mol. The van der Waals surface area contributed by atoms with Gasteiger partial charge in [0.05, 0.1) is 6.42 Å². The van der Waals surface area contributed by atoms with Crippen LogP contribution in [0.3, 0.4) is 0 Å². The summed E-state index contributed by atoms with van der Waals surface area (Å²) < 4.78 is 5.15. The SMILES string of the molecule is C[C@@H]1C[C@@H]2OC(=O)C[C@@H]2[C@H]1[C@H](C)[N+](=O)[O-].